The van der Waals surface area contributed by atoms with Crippen molar-refractivity contribution >= 4 is 5.97 Å². The molecule has 3 fully saturated rings. The Balaban J connectivity index is 2.13. The zero-order valence-electron chi connectivity index (χ0n) is 38.1. The van der Waals surface area contributed by atoms with Gasteiger partial charge in [-0.05, 0) is 101 Å². The number of nitrogens with one attached hydrogen (secondary N) is 1. The number of cyclic esters (lactones) is 1. The SMILES string of the molecule is CC[C@@H]1OC(=O)[C@H](C)[C@H](OC2C[C@@](C)(OC)[C@](O)(CCCCCOC)[C@H](C)O2)[C@@H](C)[C@@H](O[C@@H]2O[C@H](C)C[C@H](N(C)C)[C@H]2O)[C@](C)(O)C[C@@H](C)NC[C@@H](C)[C@H](O)[C@]1(C)O. The molecular weight excluding hydrogens is 752 g/mol. The van der Waals surface area contributed by atoms with Gasteiger partial charge >= 0.3 is 5.97 Å². The summed E-state index contributed by atoms with van der Waals surface area (Å²) in [5.74, 6) is -2.96. The third-order valence-corrected chi connectivity index (χ3v) is 13.6. The predicted molar refractivity (Wildman–Crippen MR) is 219 cm³/mol. The third kappa shape index (κ3) is 11.9. The molecule has 18 atom stereocenters. The molecule has 0 aromatic carbocycles. The van der Waals surface area contributed by atoms with Crippen molar-refractivity contribution in [2.75, 3.05) is 41.5 Å². The summed E-state index contributed by atoms with van der Waals surface area (Å²) >= 11 is 0. The van der Waals surface area contributed by atoms with Crippen LogP contribution >= 0.6 is 0 Å². The van der Waals surface area contributed by atoms with Crippen molar-refractivity contribution in [1.82, 2.24) is 10.2 Å². The summed E-state index contributed by atoms with van der Waals surface area (Å²) in [5.41, 5.74) is -5.87. The zero-order valence-corrected chi connectivity index (χ0v) is 38.1. The number of ether oxygens (including phenoxy) is 7. The second kappa shape index (κ2) is 21.4. The van der Waals surface area contributed by atoms with Gasteiger partial charge in [-0.2, -0.15) is 0 Å². The van der Waals surface area contributed by atoms with Crippen LogP contribution in [0, 0.1) is 17.8 Å². The summed E-state index contributed by atoms with van der Waals surface area (Å²) in [7, 11) is 6.99. The molecule has 15 nitrogen and oxygen atoms in total. The van der Waals surface area contributed by atoms with Crippen molar-refractivity contribution in [2.24, 2.45) is 17.8 Å². The first kappa shape index (κ1) is 51.3. The summed E-state index contributed by atoms with van der Waals surface area (Å²) in [4.78, 5) is 16.3. The van der Waals surface area contributed by atoms with Crippen LogP contribution in [0.15, 0.2) is 0 Å². The molecule has 3 rings (SSSR count). The molecule has 0 saturated carbocycles. The van der Waals surface area contributed by atoms with Crippen LogP contribution in [0.25, 0.3) is 0 Å². The Morgan fingerprint density at radius 1 is 0.914 bits per heavy atom. The van der Waals surface area contributed by atoms with Gasteiger partial charge in [0.15, 0.2) is 12.6 Å². The summed E-state index contributed by atoms with van der Waals surface area (Å²) in [6.45, 7) is 18.6. The van der Waals surface area contributed by atoms with Crippen molar-refractivity contribution in [3.05, 3.63) is 0 Å². The van der Waals surface area contributed by atoms with Gasteiger partial charge in [-0.1, -0.05) is 33.6 Å². The number of carbonyl (C=O) groups excluding carboxylic acids is 1. The summed E-state index contributed by atoms with van der Waals surface area (Å²) in [6.07, 6.45) is -4.70. The topological polar surface area (TPSA) is 198 Å². The molecule has 1 unspecified atom stereocenters. The molecule has 58 heavy (non-hydrogen) atoms. The monoisotopic (exact) mass is 835 g/mol. The maximum absolute atomic E-state index is 14.4. The predicted octanol–water partition coefficient (Wildman–Crippen LogP) is 3.14. The molecule has 6 N–H and O–H groups in total. The Morgan fingerprint density at radius 3 is 2.16 bits per heavy atom. The number of esters is 1. The van der Waals surface area contributed by atoms with Gasteiger partial charge in [0.1, 0.15) is 29.0 Å². The molecule has 3 aliphatic heterocycles. The highest BCUT2D eigenvalue weighted by Gasteiger charge is 2.58. The number of unbranched alkanes of at least 4 members (excludes halogenated alkanes) is 2. The maximum atomic E-state index is 14.4. The van der Waals surface area contributed by atoms with Gasteiger partial charge in [0.25, 0.3) is 0 Å². The second-order valence-corrected chi connectivity index (χ2v) is 18.8. The van der Waals surface area contributed by atoms with E-state index in [1.807, 2.05) is 46.7 Å². The van der Waals surface area contributed by atoms with Gasteiger partial charge in [-0.3, -0.25) is 4.79 Å². The Kier molecular flexibility index (Phi) is 18.9. The number of hydrogen-bond acceptors (Lipinski definition) is 15. The number of likely N-dealkylation sites (N-methyl/N-ethyl adjacent to an activating group) is 1. The summed E-state index contributed by atoms with van der Waals surface area (Å²) in [5, 5.41) is 62.9. The molecular formula is C43H82N2O13. The molecule has 0 bridgehead atoms. The minimum absolute atomic E-state index is 0.110. The fraction of sp³-hybridized carbons (Fsp3) is 0.977. The number of carbonyl (C=O) groups is 1. The van der Waals surface area contributed by atoms with Crippen LogP contribution in [0.1, 0.15) is 121 Å². The largest absolute Gasteiger partial charge is 0.459 e. The maximum Gasteiger partial charge on any atom is 0.311 e. The van der Waals surface area contributed by atoms with Crippen molar-refractivity contribution in [1.29, 1.82) is 0 Å². The summed E-state index contributed by atoms with van der Waals surface area (Å²) < 4.78 is 43.7. The van der Waals surface area contributed by atoms with Crippen molar-refractivity contribution in [3.8, 4) is 0 Å². The number of aliphatic hydroxyl groups is 5. The molecule has 0 aromatic heterocycles. The van der Waals surface area contributed by atoms with Gasteiger partial charge in [0, 0.05) is 51.8 Å². The van der Waals surface area contributed by atoms with Crippen LogP contribution in [0.2, 0.25) is 0 Å². The minimum atomic E-state index is -1.79. The van der Waals surface area contributed by atoms with E-state index < -0.39 is 95.3 Å². The minimum Gasteiger partial charge on any atom is -0.459 e. The molecule has 0 amide bonds. The molecule has 15 heteroatoms. The lowest BCUT2D eigenvalue weighted by Crippen LogP contribution is -2.66. The lowest BCUT2D eigenvalue weighted by atomic mass is 9.72. The fourth-order valence-electron chi connectivity index (χ4n) is 9.69. The van der Waals surface area contributed by atoms with E-state index >= 15 is 0 Å². The number of hydrogen-bond donors (Lipinski definition) is 6. The first-order valence-corrected chi connectivity index (χ1v) is 21.7. The second-order valence-electron chi connectivity index (χ2n) is 18.8. The van der Waals surface area contributed by atoms with E-state index in [-0.39, 0.29) is 37.5 Å². The Bertz CT molecular complexity index is 1260. The molecule has 3 aliphatic rings. The average molecular weight is 835 g/mol. The lowest BCUT2D eigenvalue weighted by Gasteiger charge is -2.54. The van der Waals surface area contributed by atoms with E-state index in [9.17, 15) is 30.3 Å². The molecule has 0 spiro atoms. The first-order valence-electron chi connectivity index (χ1n) is 21.7. The van der Waals surface area contributed by atoms with Crippen molar-refractivity contribution in [2.45, 2.75) is 210 Å². The van der Waals surface area contributed by atoms with Crippen molar-refractivity contribution < 1.29 is 63.5 Å². The van der Waals surface area contributed by atoms with Crippen LogP contribution < -0.4 is 5.32 Å². The van der Waals surface area contributed by atoms with Gasteiger partial charge in [0.05, 0.1) is 42.0 Å². The van der Waals surface area contributed by atoms with E-state index in [1.165, 1.54) is 6.92 Å². The number of rotatable bonds is 13. The highest BCUT2D eigenvalue weighted by Crippen LogP contribution is 2.45. The normalized spacial score (nSPS) is 46.7. The molecule has 3 saturated heterocycles. The smallest absolute Gasteiger partial charge is 0.311 e. The van der Waals surface area contributed by atoms with Crippen LogP contribution in [-0.2, 0) is 38.0 Å². The fourth-order valence-corrected chi connectivity index (χ4v) is 9.69. The molecule has 3 heterocycles. The van der Waals surface area contributed by atoms with E-state index in [0.29, 0.717) is 26.0 Å². The molecule has 0 radical (unpaired) electrons. The Hall–Kier alpha value is -1.05. The zero-order chi connectivity index (χ0) is 44.0. The molecule has 342 valence electrons. The number of aliphatic hydroxyl groups excluding tert-OH is 2. The van der Waals surface area contributed by atoms with E-state index in [1.54, 1.807) is 48.8 Å². The third-order valence-electron chi connectivity index (χ3n) is 13.6. The van der Waals surface area contributed by atoms with Gasteiger partial charge in [-0.15, -0.1) is 0 Å². The van der Waals surface area contributed by atoms with Crippen LogP contribution in [0.5, 0.6) is 0 Å². The van der Waals surface area contributed by atoms with Gasteiger partial charge in [0.2, 0.25) is 0 Å². The van der Waals surface area contributed by atoms with Crippen LogP contribution in [0.3, 0.4) is 0 Å². The first-order chi connectivity index (χ1) is 26.9. The highest BCUT2D eigenvalue weighted by atomic mass is 16.7. The van der Waals surface area contributed by atoms with Crippen molar-refractivity contribution in [3.63, 3.8) is 0 Å². The van der Waals surface area contributed by atoms with Gasteiger partial charge in [-0.25, -0.2) is 0 Å². The average Bonchev–Trinajstić information content (AvgIpc) is 3.15. The molecule has 0 aromatic rings. The standard InChI is InChI=1S/C43H82N2O13/c1-15-32-42(10,50)36(47)25(2)24-44-26(3)22-40(8,49)37(58-39-34(46)31(45(11)12)21-27(4)54-39)28(5)35(29(6)38(48)56-32)57-33-23-41(9,53-14)43(51,30(7)55-33)19-17-16-18-20-52-13/h25-37,39,44,46-47,49-51H,15-24H2,1-14H3/t25-,26-,27-,28-,29-,30+,31+,32+,33?,34-,35-,36+,37-,39+,40-,41-,42-,43+/m1/s1. The van der Waals surface area contributed by atoms with Crippen LogP contribution in [0.4, 0.5) is 0 Å². The van der Waals surface area contributed by atoms with Crippen LogP contribution in [-0.4, -0.2) is 168 Å². The summed E-state index contributed by atoms with van der Waals surface area (Å²) in [6, 6.07) is -0.593. The van der Waals surface area contributed by atoms with E-state index in [2.05, 4.69) is 5.32 Å². The van der Waals surface area contributed by atoms with Gasteiger partial charge < -0.3 is 68.9 Å². The quantitative estimate of drug-likeness (QED) is 0.117. The Morgan fingerprint density at radius 2 is 1.57 bits per heavy atom. The van der Waals surface area contributed by atoms with E-state index in [0.717, 1.165) is 19.3 Å². The van der Waals surface area contributed by atoms with E-state index in [4.69, 9.17) is 33.2 Å². The molecule has 0 aliphatic carbocycles. The Labute approximate surface area is 348 Å². The highest BCUT2D eigenvalue weighted by molar-refractivity contribution is 5.73. The lowest BCUT2D eigenvalue weighted by molar-refractivity contribution is -0.338. The number of nitrogens with zero attached hydrogens (tertiary/aromatic N) is 1. The number of methoxy groups -OCH3 is 2.